The lowest BCUT2D eigenvalue weighted by atomic mass is 10.2. The molecule has 2 rings (SSSR count). The second-order valence-electron chi connectivity index (χ2n) is 4.28. The maximum absolute atomic E-state index is 10.4. The number of hydrogen-bond donors (Lipinski definition) is 1. The summed E-state index contributed by atoms with van der Waals surface area (Å²) in [6.07, 6.45) is 2.27. The Kier molecular flexibility index (Phi) is 6.73. The van der Waals surface area contributed by atoms with Gasteiger partial charge in [0.1, 0.15) is 10.8 Å². The summed E-state index contributed by atoms with van der Waals surface area (Å²) >= 11 is 1.59. The van der Waals surface area contributed by atoms with Crippen LogP contribution in [0.2, 0.25) is 0 Å². The number of ether oxygens (including phenoxy) is 1. The van der Waals surface area contributed by atoms with Crippen molar-refractivity contribution in [3.05, 3.63) is 35.8 Å². The first-order chi connectivity index (χ1) is 9.52. The highest BCUT2D eigenvalue weighted by Gasteiger charge is 1.99. The zero-order valence-corrected chi connectivity index (χ0v) is 12.7. The second-order valence-corrected chi connectivity index (χ2v) is 5.17. The predicted octanol–water partition coefficient (Wildman–Crippen LogP) is 3.86. The monoisotopic (exact) mass is 293 g/mol. The van der Waals surface area contributed by atoms with E-state index in [1.807, 2.05) is 31.4 Å². The largest absolute Gasteiger partial charge is 0.508 e. The molecule has 0 atom stereocenters. The van der Waals surface area contributed by atoms with Crippen molar-refractivity contribution in [3.63, 3.8) is 0 Å². The first kappa shape index (κ1) is 16.2. The van der Waals surface area contributed by atoms with Gasteiger partial charge in [-0.15, -0.1) is 11.3 Å². The van der Waals surface area contributed by atoms with E-state index in [4.69, 9.17) is 9.84 Å². The quantitative estimate of drug-likeness (QED) is 0.873. The highest BCUT2D eigenvalue weighted by Crippen LogP contribution is 2.23. The molecule has 108 valence electrons. The molecule has 4 nitrogen and oxygen atoms in total. The molecule has 0 spiro atoms. The maximum atomic E-state index is 10.4. The molecule has 0 aliphatic rings. The van der Waals surface area contributed by atoms with Gasteiger partial charge in [-0.3, -0.25) is 4.79 Å². The van der Waals surface area contributed by atoms with E-state index in [1.165, 1.54) is 0 Å². The van der Waals surface area contributed by atoms with Gasteiger partial charge in [0.05, 0.1) is 6.10 Å². The smallest absolute Gasteiger partial charge is 0.305 e. The Bertz CT molecular complexity index is 506. The second kappa shape index (κ2) is 8.32. The minimum Gasteiger partial charge on any atom is -0.508 e. The van der Waals surface area contributed by atoms with Crippen LogP contribution in [0, 0.1) is 0 Å². The van der Waals surface area contributed by atoms with Crippen LogP contribution in [-0.2, 0) is 9.53 Å². The normalized spacial score (nSPS) is 9.80. The molecule has 1 heterocycles. The van der Waals surface area contributed by atoms with Gasteiger partial charge in [-0.1, -0.05) is 6.92 Å². The van der Waals surface area contributed by atoms with Crippen molar-refractivity contribution in [1.82, 2.24) is 4.98 Å². The van der Waals surface area contributed by atoms with Crippen molar-refractivity contribution < 1.29 is 14.6 Å². The van der Waals surface area contributed by atoms with Gasteiger partial charge < -0.3 is 9.84 Å². The number of benzene rings is 1. The molecule has 0 radical (unpaired) electrons. The highest BCUT2D eigenvalue weighted by atomic mass is 32.1. The topological polar surface area (TPSA) is 59.4 Å². The summed E-state index contributed by atoms with van der Waals surface area (Å²) < 4.78 is 4.76. The maximum Gasteiger partial charge on any atom is 0.305 e. The Morgan fingerprint density at radius 1 is 1.35 bits per heavy atom. The van der Waals surface area contributed by atoms with E-state index in [0.29, 0.717) is 6.42 Å². The number of esters is 1. The highest BCUT2D eigenvalue weighted by molar-refractivity contribution is 7.13. The molecule has 0 aliphatic carbocycles. The lowest BCUT2D eigenvalue weighted by Crippen LogP contribution is -2.09. The van der Waals surface area contributed by atoms with Crippen LogP contribution >= 0.6 is 11.3 Å². The standard InChI is InChI=1S/C9H7NOS.C6H12O2/c11-8-3-1-7(2-4-8)9-10-5-6-12-9;1-4-6(7)8-5(2)3/h1-6,11H;5H,4H2,1-3H3. The molecule has 0 fully saturated rings. The molecular weight excluding hydrogens is 274 g/mol. The van der Waals surface area contributed by atoms with Crippen LogP contribution in [0.15, 0.2) is 35.8 Å². The van der Waals surface area contributed by atoms with Gasteiger partial charge in [-0.2, -0.15) is 0 Å². The molecule has 0 saturated carbocycles. The van der Waals surface area contributed by atoms with E-state index in [-0.39, 0.29) is 17.8 Å². The Labute approximate surface area is 123 Å². The van der Waals surface area contributed by atoms with Gasteiger partial charge in [0, 0.05) is 23.6 Å². The lowest BCUT2D eigenvalue weighted by molar-refractivity contribution is -0.146. The van der Waals surface area contributed by atoms with Crippen LogP contribution < -0.4 is 0 Å². The number of phenolic OH excluding ortho intramolecular Hbond substituents is 1. The van der Waals surface area contributed by atoms with Crippen LogP contribution in [0.3, 0.4) is 0 Å². The molecular formula is C15H19NO3S. The minimum atomic E-state index is -0.125. The number of phenols is 1. The summed E-state index contributed by atoms with van der Waals surface area (Å²) in [7, 11) is 0. The van der Waals surface area contributed by atoms with Crippen LogP contribution in [-0.4, -0.2) is 22.2 Å². The van der Waals surface area contributed by atoms with Gasteiger partial charge in [0.15, 0.2) is 0 Å². The first-order valence-electron chi connectivity index (χ1n) is 6.41. The minimum absolute atomic E-state index is 0.0300. The fourth-order valence-electron chi connectivity index (χ4n) is 1.32. The van der Waals surface area contributed by atoms with Crippen LogP contribution in [0.5, 0.6) is 5.75 Å². The summed E-state index contributed by atoms with van der Waals surface area (Å²) in [6, 6.07) is 7.04. The fourth-order valence-corrected chi connectivity index (χ4v) is 1.96. The van der Waals surface area contributed by atoms with E-state index in [1.54, 1.807) is 36.6 Å². The summed E-state index contributed by atoms with van der Waals surface area (Å²) in [6.45, 7) is 5.46. The van der Waals surface area contributed by atoms with Crippen molar-refractivity contribution in [1.29, 1.82) is 0 Å². The summed E-state index contributed by atoms with van der Waals surface area (Å²) in [5, 5.41) is 12.0. The number of aromatic hydroxyl groups is 1. The molecule has 0 saturated heterocycles. The third-order valence-corrected chi connectivity index (χ3v) is 3.02. The van der Waals surface area contributed by atoms with Crippen LogP contribution in [0.25, 0.3) is 10.6 Å². The van der Waals surface area contributed by atoms with E-state index in [2.05, 4.69) is 4.98 Å². The van der Waals surface area contributed by atoms with Crippen LogP contribution in [0.4, 0.5) is 0 Å². The van der Waals surface area contributed by atoms with Crippen molar-refractivity contribution in [2.75, 3.05) is 0 Å². The van der Waals surface area contributed by atoms with E-state index >= 15 is 0 Å². The third kappa shape index (κ3) is 5.84. The molecule has 0 unspecified atom stereocenters. The lowest BCUT2D eigenvalue weighted by Gasteiger charge is -2.04. The first-order valence-corrected chi connectivity index (χ1v) is 7.29. The molecule has 0 amide bonds. The number of thiazole rings is 1. The molecule has 20 heavy (non-hydrogen) atoms. The molecule has 5 heteroatoms. The van der Waals surface area contributed by atoms with Crippen molar-refractivity contribution in [2.24, 2.45) is 0 Å². The average molecular weight is 293 g/mol. The van der Waals surface area contributed by atoms with Crippen molar-refractivity contribution in [2.45, 2.75) is 33.3 Å². The number of carbonyl (C=O) groups excluding carboxylic acids is 1. The number of rotatable bonds is 3. The Balaban J connectivity index is 0.000000221. The van der Waals surface area contributed by atoms with Crippen LogP contribution in [0.1, 0.15) is 27.2 Å². The van der Waals surface area contributed by atoms with Gasteiger partial charge in [0.2, 0.25) is 0 Å². The molecule has 2 aromatic rings. The fraction of sp³-hybridized carbons (Fsp3) is 0.333. The number of carbonyl (C=O) groups is 1. The number of aromatic nitrogens is 1. The van der Waals surface area contributed by atoms with Gasteiger partial charge >= 0.3 is 5.97 Å². The average Bonchev–Trinajstić information content (AvgIpc) is 2.93. The van der Waals surface area contributed by atoms with E-state index in [0.717, 1.165) is 10.6 Å². The predicted molar refractivity (Wildman–Crippen MR) is 80.7 cm³/mol. The summed E-state index contributed by atoms with van der Waals surface area (Å²) in [4.78, 5) is 14.6. The molecule has 0 bridgehead atoms. The molecule has 1 N–H and O–H groups in total. The Hall–Kier alpha value is -1.88. The zero-order valence-electron chi connectivity index (χ0n) is 11.9. The van der Waals surface area contributed by atoms with Crippen molar-refractivity contribution >= 4 is 17.3 Å². The zero-order chi connectivity index (χ0) is 15.0. The van der Waals surface area contributed by atoms with E-state index in [9.17, 15) is 4.79 Å². The Morgan fingerprint density at radius 2 is 2.00 bits per heavy atom. The molecule has 1 aromatic heterocycles. The third-order valence-electron chi connectivity index (χ3n) is 2.20. The summed E-state index contributed by atoms with van der Waals surface area (Å²) in [5.41, 5.74) is 1.04. The summed E-state index contributed by atoms with van der Waals surface area (Å²) in [5.74, 6) is 0.162. The SMILES string of the molecule is CCC(=O)OC(C)C.Oc1ccc(-c2nccs2)cc1. The number of hydrogen-bond acceptors (Lipinski definition) is 5. The van der Waals surface area contributed by atoms with Crippen molar-refractivity contribution in [3.8, 4) is 16.3 Å². The molecule has 0 aliphatic heterocycles. The van der Waals surface area contributed by atoms with E-state index < -0.39 is 0 Å². The molecule has 1 aromatic carbocycles. The van der Waals surface area contributed by atoms with Gasteiger partial charge in [-0.25, -0.2) is 4.98 Å². The van der Waals surface area contributed by atoms with Gasteiger partial charge in [0.25, 0.3) is 0 Å². The number of nitrogens with zero attached hydrogens (tertiary/aromatic N) is 1. The van der Waals surface area contributed by atoms with Gasteiger partial charge in [-0.05, 0) is 38.1 Å². The Morgan fingerprint density at radius 3 is 2.40 bits per heavy atom.